The lowest BCUT2D eigenvalue weighted by molar-refractivity contribution is -0.0327. The van der Waals surface area contributed by atoms with Gasteiger partial charge in [0.05, 0.1) is 6.61 Å². The molecule has 1 aliphatic rings. The summed E-state index contributed by atoms with van der Waals surface area (Å²) in [5, 5.41) is 3.05. The van der Waals surface area contributed by atoms with E-state index in [9.17, 15) is 13.2 Å². The zero-order valence-electron chi connectivity index (χ0n) is 7.77. The van der Waals surface area contributed by atoms with Gasteiger partial charge in [-0.25, -0.2) is 0 Å². The van der Waals surface area contributed by atoms with Crippen LogP contribution in [0.25, 0.3) is 0 Å². The average molecular weight is 229 g/mol. The topological polar surface area (TPSA) is 21.3 Å². The summed E-state index contributed by atoms with van der Waals surface area (Å²) in [6.07, 6.45) is 1.99. The van der Waals surface area contributed by atoms with Crippen LogP contribution in [0.15, 0.2) is 0 Å². The number of halogens is 3. The minimum atomic E-state index is -4.11. The molecular weight excluding hydrogens is 215 g/mol. The SMILES string of the molecule is FC(F)(F)SCCNC1CCCOC1. The molecule has 1 fully saturated rings. The van der Waals surface area contributed by atoms with Crippen molar-refractivity contribution in [2.75, 3.05) is 25.5 Å². The van der Waals surface area contributed by atoms with Crippen LogP contribution in [0.4, 0.5) is 13.2 Å². The minimum Gasteiger partial charge on any atom is -0.380 e. The lowest BCUT2D eigenvalue weighted by atomic mass is 10.1. The highest BCUT2D eigenvalue weighted by atomic mass is 32.2. The largest absolute Gasteiger partial charge is 0.441 e. The number of ether oxygens (including phenoxy) is 1. The molecule has 1 N–H and O–H groups in total. The molecule has 0 amide bonds. The minimum absolute atomic E-state index is 0.0188. The Kier molecular flexibility index (Phi) is 5.05. The Morgan fingerprint density at radius 1 is 1.43 bits per heavy atom. The van der Waals surface area contributed by atoms with Crippen molar-refractivity contribution in [2.45, 2.75) is 24.4 Å². The van der Waals surface area contributed by atoms with Crippen LogP contribution in [0.5, 0.6) is 0 Å². The maximum atomic E-state index is 11.7. The van der Waals surface area contributed by atoms with Crippen LogP contribution in [-0.2, 0) is 4.74 Å². The molecule has 0 spiro atoms. The molecule has 0 aliphatic carbocycles. The monoisotopic (exact) mass is 229 g/mol. The van der Waals surface area contributed by atoms with Crippen molar-refractivity contribution >= 4 is 11.8 Å². The van der Waals surface area contributed by atoms with Crippen molar-refractivity contribution in [1.29, 1.82) is 0 Å². The summed E-state index contributed by atoms with van der Waals surface area (Å²) in [7, 11) is 0. The van der Waals surface area contributed by atoms with Gasteiger partial charge in [0, 0.05) is 24.9 Å². The van der Waals surface area contributed by atoms with E-state index in [1.165, 1.54) is 0 Å². The van der Waals surface area contributed by atoms with Crippen LogP contribution in [-0.4, -0.2) is 37.1 Å². The average Bonchev–Trinajstić information content (AvgIpc) is 2.13. The van der Waals surface area contributed by atoms with Gasteiger partial charge in [0.1, 0.15) is 0 Å². The Labute approximate surface area is 85.6 Å². The lowest BCUT2D eigenvalue weighted by Crippen LogP contribution is -2.38. The smallest absolute Gasteiger partial charge is 0.380 e. The summed E-state index contributed by atoms with van der Waals surface area (Å²) < 4.78 is 40.4. The van der Waals surface area contributed by atoms with E-state index in [0.29, 0.717) is 13.2 Å². The first kappa shape index (κ1) is 12.1. The molecule has 1 unspecified atom stereocenters. The van der Waals surface area contributed by atoms with E-state index < -0.39 is 5.51 Å². The molecule has 1 aliphatic heterocycles. The van der Waals surface area contributed by atoms with Gasteiger partial charge in [-0.15, -0.1) is 0 Å². The van der Waals surface area contributed by atoms with E-state index in [4.69, 9.17) is 4.74 Å². The van der Waals surface area contributed by atoms with E-state index in [2.05, 4.69) is 5.32 Å². The van der Waals surface area contributed by atoms with Gasteiger partial charge in [-0.3, -0.25) is 0 Å². The van der Waals surface area contributed by atoms with Gasteiger partial charge < -0.3 is 10.1 Å². The van der Waals surface area contributed by atoms with Gasteiger partial charge in [0.25, 0.3) is 0 Å². The Hall–Kier alpha value is 0.0600. The highest BCUT2D eigenvalue weighted by Gasteiger charge is 2.27. The maximum Gasteiger partial charge on any atom is 0.441 e. The van der Waals surface area contributed by atoms with Crippen molar-refractivity contribution in [2.24, 2.45) is 0 Å². The Balaban J connectivity index is 1.97. The van der Waals surface area contributed by atoms with E-state index >= 15 is 0 Å². The molecule has 0 saturated carbocycles. The molecule has 1 saturated heterocycles. The predicted octanol–water partition coefficient (Wildman–Crippen LogP) is 2.01. The van der Waals surface area contributed by atoms with Crippen LogP contribution in [0.2, 0.25) is 0 Å². The fraction of sp³-hybridized carbons (Fsp3) is 1.00. The molecule has 1 atom stereocenters. The van der Waals surface area contributed by atoms with Crippen LogP contribution in [0.3, 0.4) is 0 Å². The molecule has 6 heteroatoms. The zero-order chi connectivity index (χ0) is 10.4. The summed E-state index contributed by atoms with van der Waals surface area (Å²) in [6, 6.07) is 0.234. The van der Waals surface area contributed by atoms with Crippen molar-refractivity contribution in [3.8, 4) is 0 Å². The number of hydrogen-bond acceptors (Lipinski definition) is 3. The number of thioether (sulfide) groups is 1. The van der Waals surface area contributed by atoms with Gasteiger partial charge in [0.2, 0.25) is 0 Å². The van der Waals surface area contributed by atoms with Crippen LogP contribution in [0.1, 0.15) is 12.8 Å². The number of rotatable bonds is 4. The molecule has 0 aromatic rings. The van der Waals surface area contributed by atoms with E-state index in [1.54, 1.807) is 0 Å². The lowest BCUT2D eigenvalue weighted by Gasteiger charge is -2.23. The fourth-order valence-corrected chi connectivity index (χ4v) is 1.78. The van der Waals surface area contributed by atoms with Gasteiger partial charge in [0.15, 0.2) is 0 Å². The maximum absolute atomic E-state index is 11.7. The van der Waals surface area contributed by atoms with Gasteiger partial charge in [-0.2, -0.15) is 13.2 Å². The predicted molar refractivity (Wildman–Crippen MR) is 50.4 cm³/mol. The van der Waals surface area contributed by atoms with Crippen molar-refractivity contribution in [3.63, 3.8) is 0 Å². The van der Waals surface area contributed by atoms with Crippen LogP contribution < -0.4 is 5.32 Å². The highest BCUT2D eigenvalue weighted by Crippen LogP contribution is 2.29. The fourth-order valence-electron chi connectivity index (χ4n) is 1.33. The first-order valence-corrected chi connectivity index (χ1v) is 5.58. The van der Waals surface area contributed by atoms with Crippen molar-refractivity contribution in [1.82, 2.24) is 5.32 Å². The summed E-state index contributed by atoms with van der Waals surface area (Å²) in [5.74, 6) is 0.0694. The van der Waals surface area contributed by atoms with Gasteiger partial charge in [-0.05, 0) is 24.6 Å². The number of nitrogens with one attached hydrogen (secondary N) is 1. The van der Waals surface area contributed by atoms with Crippen molar-refractivity contribution in [3.05, 3.63) is 0 Å². The molecule has 84 valence electrons. The normalized spacial score (nSPS) is 23.8. The number of alkyl halides is 3. The first-order chi connectivity index (χ1) is 6.58. The molecule has 0 aromatic heterocycles. The Morgan fingerprint density at radius 2 is 2.21 bits per heavy atom. The molecule has 2 nitrogen and oxygen atoms in total. The second-order valence-corrected chi connectivity index (χ2v) is 4.32. The number of hydrogen-bond donors (Lipinski definition) is 1. The summed E-state index contributed by atoms with van der Waals surface area (Å²) >= 11 is 0.0188. The second-order valence-electron chi connectivity index (χ2n) is 3.16. The van der Waals surface area contributed by atoms with Crippen LogP contribution in [0, 0.1) is 0 Å². The zero-order valence-corrected chi connectivity index (χ0v) is 8.59. The molecule has 0 bridgehead atoms. The van der Waals surface area contributed by atoms with Crippen molar-refractivity contribution < 1.29 is 17.9 Å². The molecule has 0 radical (unpaired) electrons. The Morgan fingerprint density at radius 3 is 2.79 bits per heavy atom. The quantitative estimate of drug-likeness (QED) is 0.745. The third-order valence-electron chi connectivity index (χ3n) is 1.96. The molecular formula is C8H14F3NOS. The van der Waals surface area contributed by atoms with Gasteiger partial charge >= 0.3 is 5.51 Å². The summed E-state index contributed by atoms with van der Waals surface area (Å²) in [6.45, 7) is 1.78. The molecule has 1 rings (SSSR count). The second kappa shape index (κ2) is 5.82. The molecule has 14 heavy (non-hydrogen) atoms. The third kappa shape index (κ3) is 5.72. The third-order valence-corrected chi connectivity index (χ3v) is 2.70. The molecule has 0 aromatic carbocycles. The van der Waals surface area contributed by atoms with E-state index in [-0.39, 0.29) is 23.6 Å². The summed E-state index contributed by atoms with van der Waals surface area (Å²) in [5.41, 5.74) is -4.11. The first-order valence-electron chi connectivity index (χ1n) is 4.60. The summed E-state index contributed by atoms with van der Waals surface area (Å²) in [4.78, 5) is 0. The molecule has 1 heterocycles. The van der Waals surface area contributed by atoms with E-state index in [0.717, 1.165) is 19.4 Å². The van der Waals surface area contributed by atoms with Crippen LogP contribution >= 0.6 is 11.8 Å². The standard InChI is InChI=1S/C8H14F3NOS/c9-8(10,11)14-5-3-12-7-2-1-4-13-6-7/h7,12H,1-6H2. The highest BCUT2D eigenvalue weighted by molar-refractivity contribution is 8.00. The van der Waals surface area contributed by atoms with Gasteiger partial charge in [-0.1, -0.05) is 0 Å². The van der Waals surface area contributed by atoms with E-state index in [1.807, 2.05) is 0 Å². The Bertz CT molecular complexity index is 159.